The Bertz CT molecular complexity index is 2890. The Morgan fingerprint density at radius 2 is 0.604 bits per heavy atom. The standard InChI is InChI=1S/C48H30/c1-3-18-35-31(13-1)15-12-26-36(35)32-16-11-17-33(27-32)44-29-46-42-24-9-10-25-43(42)47(30-48(46)41-23-8-6-21-39(41)44)45-28-34-14-2-4-19-37(34)38-20-5-7-22-40(38)45/h1-30H. The maximum Gasteiger partial charge on any atom is -0.00923 e. The summed E-state index contributed by atoms with van der Waals surface area (Å²) in [4.78, 5) is 0. The predicted octanol–water partition coefficient (Wildman–Crippen LogP) is 13.6. The zero-order chi connectivity index (χ0) is 31.6. The molecule has 0 aliphatic heterocycles. The number of rotatable bonds is 3. The lowest BCUT2D eigenvalue weighted by Gasteiger charge is -2.18. The van der Waals surface area contributed by atoms with E-state index in [1.54, 1.807) is 0 Å². The molecule has 0 bridgehead atoms. The highest BCUT2D eigenvalue weighted by Crippen LogP contribution is 2.44. The molecule has 0 unspecified atom stereocenters. The van der Waals surface area contributed by atoms with Crippen LogP contribution in [0.25, 0.3) is 98.0 Å². The molecule has 0 fully saturated rings. The molecule has 10 rings (SSSR count). The fraction of sp³-hybridized carbons (Fsp3) is 0. The lowest BCUT2D eigenvalue weighted by Crippen LogP contribution is -1.91. The normalized spacial score (nSPS) is 11.8. The molecule has 0 radical (unpaired) electrons. The number of hydrogen-bond acceptors (Lipinski definition) is 0. The molecule has 0 spiro atoms. The van der Waals surface area contributed by atoms with Gasteiger partial charge in [-0.1, -0.05) is 158 Å². The van der Waals surface area contributed by atoms with Crippen molar-refractivity contribution in [1.29, 1.82) is 0 Å². The van der Waals surface area contributed by atoms with Gasteiger partial charge in [-0.25, -0.2) is 0 Å². The molecule has 0 nitrogen and oxygen atoms in total. The molecule has 0 N–H and O–H groups in total. The first kappa shape index (κ1) is 26.9. The molecule has 48 heavy (non-hydrogen) atoms. The van der Waals surface area contributed by atoms with Gasteiger partial charge in [0.15, 0.2) is 0 Å². The van der Waals surface area contributed by atoms with E-state index in [1.165, 1.54) is 98.0 Å². The summed E-state index contributed by atoms with van der Waals surface area (Å²) in [6.45, 7) is 0. The summed E-state index contributed by atoms with van der Waals surface area (Å²) < 4.78 is 0. The van der Waals surface area contributed by atoms with Gasteiger partial charge < -0.3 is 0 Å². The largest absolute Gasteiger partial charge is 0.0616 e. The second-order valence-electron chi connectivity index (χ2n) is 12.8. The topological polar surface area (TPSA) is 0 Å². The van der Waals surface area contributed by atoms with Crippen molar-refractivity contribution in [3.8, 4) is 33.4 Å². The maximum atomic E-state index is 2.45. The molecule has 222 valence electrons. The first-order valence-corrected chi connectivity index (χ1v) is 16.7. The van der Waals surface area contributed by atoms with Crippen molar-refractivity contribution in [3.63, 3.8) is 0 Å². The Balaban J connectivity index is 1.27. The van der Waals surface area contributed by atoms with Crippen LogP contribution in [0.1, 0.15) is 0 Å². The molecular formula is C48H30. The minimum atomic E-state index is 1.23. The van der Waals surface area contributed by atoms with Gasteiger partial charge in [-0.3, -0.25) is 0 Å². The van der Waals surface area contributed by atoms with E-state index in [4.69, 9.17) is 0 Å². The molecule has 0 aliphatic rings. The van der Waals surface area contributed by atoms with Gasteiger partial charge in [-0.05, 0) is 122 Å². The van der Waals surface area contributed by atoms with E-state index in [1.807, 2.05) is 0 Å². The Kier molecular flexibility index (Phi) is 5.98. The van der Waals surface area contributed by atoms with E-state index in [2.05, 4.69) is 182 Å². The Hall–Kier alpha value is -6.24. The maximum absolute atomic E-state index is 2.45. The molecule has 0 saturated carbocycles. The molecule has 0 heterocycles. The monoisotopic (exact) mass is 606 g/mol. The zero-order valence-electron chi connectivity index (χ0n) is 26.3. The highest BCUT2D eigenvalue weighted by molar-refractivity contribution is 6.26. The summed E-state index contributed by atoms with van der Waals surface area (Å²) in [5, 5.41) is 15.3. The quantitative estimate of drug-likeness (QED) is 0.176. The van der Waals surface area contributed by atoms with E-state index < -0.39 is 0 Å². The van der Waals surface area contributed by atoms with Gasteiger partial charge in [0.25, 0.3) is 0 Å². The number of fused-ring (bicyclic) bond motifs is 9. The van der Waals surface area contributed by atoms with Crippen molar-refractivity contribution < 1.29 is 0 Å². The van der Waals surface area contributed by atoms with E-state index in [-0.39, 0.29) is 0 Å². The Morgan fingerprint density at radius 1 is 0.188 bits per heavy atom. The summed E-state index contributed by atoms with van der Waals surface area (Å²) in [7, 11) is 0. The van der Waals surface area contributed by atoms with Crippen LogP contribution in [0.15, 0.2) is 182 Å². The highest BCUT2D eigenvalue weighted by atomic mass is 14.2. The van der Waals surface area contributed by atoms with Gasteiger partial charge in [0.05, 0.1) is 0 Å². The van der Waals surface area contributed by atoms with E-state index in [0.29, 0.717) is 0 Å². The third-order valence-corrected chi connectivity index (χ3v) is 10.2. The number of benzene rings is 10. The van der Waals surface area contributed by atoms with Crippen LogP contribution in [0.2, 0.25) is 0 Å². The van der Waals surface area contributed by atoms with Crippen molar-refractivity contribution in [2.75, 3.05) is 0 Å². The highest BCUT2D eigenvalue weighted by Gasteiger charge is 2.17. The van der Waals surface area contributed by atoms with Gasteiger partial charge in [0.1, 0.15) is 0 Å². The van der Waals surface area contributed by atoms with E-state index in [0.717, 1.165) is 0 Å². The zero-order valence-corrected chi connectivity index (χ0v) is 26.3. The third-order valence-electron chi connectivity index (χ3n) is 10.2. The minimum Gasteiger partial charge on any atom is -0.0616 e. The smallest absolute Gasteiger partial charge is 0.00923 e. The SMILES string of the molecule is c1cc(-c2cccc3ccccc23)cc(-c2cc3c4ccccc4c(-c4cc5ccccc5c5ccccc45)cc3c3ccccc23)c1. The van der Waals surface area contributed by atoms with Crippen LogP contribution in [-0.2, 0) is 0 Å². The van der Waals surface area contributed by atoms with Gasteiger partial charge in [0.2, 0.25) is 0 Å². The van der Waals surface area contributed by atoms with Gasteiger partial charge in [0, 0.05) is 0 Å². The van der Waals surface area contributed by atoms with Crippen molar-refractivity contribution >= 4 is 64.6 Å². The summed E-state index contributed by atoms with van der Waals surface area (Å²) >= 11 is 0. The fourth-order valence-electron chi connectivity index (χ4n) is 8.02. The second-order valence-corrected chi connectivity index (χ2v) is 12.8. The van der Waals surface area contributed by atoms with Crippen molar-refractivity contribution in [2.24, 2.45) is 0 Å². The molecule has 0 saturated heterocycles. The molecule has 0 atom stereocenters. The molecule has 0 heteroatoms. The minimum absolute atomic E-state index is 1.23. The Morgan fingerprint density at radius 3 is 1.27 bits per heavy atom. The first-order chi connectivity index (χ1) is 23.8. The summed E-state index contributed by atoms with van der Waals surface area (Å²) in [5.74, 6) is 0. The van der Waals surface area contributed by atoms with Crippen LogP contribution in [0.4, 0.5) is 0 Å². The van der Waals surface area contributed by atoms with E-state index in [9.17, 15) is 0 Å². The summed E-state index contributed by atoms with van der Waals surface area (Å²) in [6.07, 6.45) is 0. The lowest BCUT2D eigenvalue weighted by molar-refractivity contribution is 1.63. The molecule has 0 aliphatic carbocycles. The Labute approximate surface area is 279 Å². The van der Waals surface area contributed by atoms with Crippen LogP contribution in [-0.4, -0.2) is 0 Å². The second kappa shape index (κ2) is 10.7. The average Bonchev–Trinajstić information content (AvgIpc) is 3.17. The summed E-state index contributed by atoms with van der Waals surface area (Å²) in [6, 6.07) is 67.1. The third kappa shape index (κ3) is 4.10. The average molecular weight is 607 g/mol. The van der Waals surface area contributed by atoms with Crippen LogP contribution in [0.5, 0.6) is 0 Å². The van der Waals surface area contributed by atoms with Crippen LogP contribution < -0.4 is 0 Å². The van der Waals surface area contributed by atoms with Crippen molar-refractivity contribution in [2.45, 2.75) is 0 Å². The molecule has 10 aromatic rings. The lowest BCUT2D eigenvalue weighted by atomic mass is 9.85. The van der Waals surface area contributed by atoms with Gasteiger partial charge in [-0.2, -0.15) is 0 Å². The molecular weight excluding hydrogens is 577 g/mol. The number of hydrogen-bond donors (Lipinski definition) is 0. The summed E-state index contributed by atoms with van der Waals surface area (Å²) in [5.41, 5.74) is 7.53. The molecule has 10 aromatic carbocycles. The first-order valence-electron chi connectivity index (χ1n) is 16.7. The van der Waals surface area contributed by atoms with Gasteiger partial charge >= 0.3 is 0 Å². The van der Waals surface area contributed by atoms with Crippen LogP contribution in [0.3, 0.4) is 0 Å². The van der Waals surface area contributed by atoms with Gasteiger partial charge in [-0.15, -0.1) is 0 Å². The van der Waals surface area contributed by atoms with Crippen molar-refractivity contribution in [3.05, 3.63) is 182 Å². The molecule has 0 amide bonds. The van der Waals surface area contributed by atoms with Crippen LogP contribution >= 0.6 is 0 Å². The van der Waals surface area contributed by atoms with Crippen molar-refractivity contribution in [1.82, 2.24) is 0 Å². The van der Waals surface area contributed by atoms with Crippen LogP contribution in [0, 0.1) is 0 Å². The van der Waals surface area contributed by atoms with E-state index >= 15 is 0 Å². The fourth-order valence-corrected chi connectivity index (χ4v) is 8.02. The predicted molar refractivity (Wildman–Crippen MR) is 208 cm³/mol. The molecule has 0 aromatic heterocycles.